The number of amides is 1. The Morgan fingerprint density at radius 1 is 1.17 bits per heavy atom. The summed E-state index contributed by atoms with van der Waals surface area (Å²) in [4.78, 5) is 29.9. The van der Waals surface area contributed by atoms with Crippen molar-refractivity contribution < 1.29 is 4.79 Å². The molecule has 1 aromatic carbocycles. The van der Waals surface area contributed by atoms with Gasteiger partial charge in [-0.15, -0.1) is 0 Å². The average molecular weight is 536 g/mol. The van der Waals surface area contributed by atoms with Crippen LogP contribution in [0.25, 0.3) is 22.6 Å². The summed E-state index contributed by atoms with van der Waals surface area (Å²) in [6, 6.07) is 8.56. The van der Waals surface area contributed by atoms with Gasteiger partial charge in [0, 0.05) is 50.5 Å². The third-order valence-electron chi connectivity index (χ3n) is 7.80. The molecule has 6 rings (SSSR count). The fourth-order valence-electron chi connectivity index (χ4n) is 5.81. The average Bonchev–Trinajstić information content (AvgIpc) is 3.58. The number of nitrogens with one attached hydrogen (secondary N) is 2. The van der Waals surface area contributed by atoms with E-state index in [1.165, 1.54) is 5.56 Å². The van der Waals surface area contributed by atoms with Crippen LogP contribution < -0.4 is 11.1 Å². The molecule has 3 heterocycles. The molecule has 1 aliphatic heterocycles. The van der Waals surface area contributed by atoms with E-state index in [0.29, 0.717) is 11.6 Å². The van der Waals surface area contributed by atoms with Gasteiger partial charge in [-0.25, -0.2) is 9.97 Å². The molecule has 3 aromatic rings. The highest BCUT2D eigenvalue weighted by atomic mass is 79.9. The smallest absolute Gasteiger partial charge is 0.223 e. The molecule has 2 bridgehead atoms. The number of nitrogens with two attached hydrogens (primary N) is 1. The van der Waals surface area contributed by atoms with Gasteiger partial charge in [0.15, 0.2) is 5.65 Å². The van der Waals surface area contributed by atoms with Crippen LogP contribution in [0.4, 0.5) is 5.69 Å². The number of likely N-dealkylation sites (N-methyl/N-ethyl adjacent to an activating group) is 1. The lowest BCUT2D eigenvalue weighted by atomic mass is 9.88. The number of aromatic amines is 1. The van der Waals surface area contributed by atoms with Crippen LogP contribution in [-0.2, 0) is 11.3 Å². The van der Waals surface area contributed by atoms with Crippen LogP contribution in [0.2, 0.25) is 0 Å². The zero-order valence-electron chi connectivity index (χ0n) is 19.7. The Labute approximate surface area is 213 Å². The standard InChI is InChI=1S/C26H30BrN7O/c1-33-8-10-34(11-9-33)14-15-2-4-16(5-3-15)25-31-23-22(19(27)13-29-26(23)32-25)30-21-18-7-6-17(12-18)20(21)24(28)35/h2-7,13,17-18,20-21H,8-12,14H2,1H3,(H2,28,35)(H2,29,30,31,32)/t17-,18+,20+,21-/m1/s1. The van der Waals surface area contributed by atoms with Gasteiger partial charge in [0.1, 0.15) is 11.3 Å². The van der Waals surface area contributed by atoms with Crippen molar-refractivity contribution in [2.24, 2.45) is 23.5 Å². The summed E-state index contributed by atoms with van der Waals surface area (Å²) < 4.78 is 0.820. The lowest BCUT2D eigenvalue weighted by Gasteiger charge is -2.32. The number of nitrogens with zero attached hydrogens (tertiary/aromatic N) is 4. The molecule has 3 aliphatic rings. The van der Waals surface area contributed by atoms with Crippen LogP contribution >= 0.6 is 15.9 Å². The van der Waals surface area contributed by atoms with Crippen molar-refractivity contribution in [2.75, 3.05) is 38.5 Å². The molecule has 4 atom stereocenters. The van der Waals surface area contributed by atoms with Crippen LogP contribution in [0, 0.1) is 17.8 Å². The van der Waals surface area contributed by atoms with Crippen molar-refractivity contribution in [3.63, 3.8) is 0 Å². The number of fused-ring (bicyclic) bond motifs is 3. The number of rotatable bonds is 6. The van der Waals surface area contributed by atoms with E-state index in [1.54, 1.807) is 6.20 Å². The zero-order valence-corrected chi connectivity index (χ0v) is 21.3. The normalized spacial score (nSPS) is 26.6. The second kappa shape index (κ2) is 9.04. The van der Waals surface area contributed by atoms with Crippen LogP contribution in [-0.4, -0.2) is 69.9 Å². The number of hydrogen-bond donors (Lipinski definition) is 3. The number of H-pyrrole nitrogens is 1. The summed E-state index contributed by atoms with van der Waals surface area (Å²) >= 11 is 3.64. The molecule has 35 heavy (non-hydrogen) atoms. The van der Waals surface area contributed by atoms with Crippen LogP contribution in [0.5, 0.6) is 0 Å². The first-order valence-corrected chi connectivity index (χ1v) is 13.0. The van der Waals surface area contributed by atoms with Crippen molar-refractivity contribution >= 4 is 38.7 Å². The highest BCUT2D eigenvalue weighted by Crippen LogP contribution is 2.46. The molecule has 1 amide bonds. The summed E-state index contributed by atoms with van der Waals surface area (Å²) in [5, 5.41) is 3.61. The number of pyridine rings is 1. The SMILES string of the molecule is CN1CCN(Cc2ccc(-c3nc4c(N[C@H]5[C@@H](C(N)=O)[C@@H]6C=C[C@H]5C6)c(Br)cnc4[nH]3)cc2)CC1. The van der Waals surface area contributed by atoms with Gasteiger partial charge in [0.05, 0.1) is 16.1 Å². The molecular weight excluding hydrogens is 506 g/mol. The van der Waals surface area contributed by atoms with Crippen molar-refractivity contribution in [1.29, 1.82) is 0 Å². The summed E-state index contributed by atoms with van der Waals surface area (Å²) in [6.45, 7) is 5.42. The van der Waals surface area contributed by atoms with E-state index in [2.05, 4.69) is 84.5 Å². The molecule has 2 aliphatic carbocycles. The number of benzene rings is 1. The number of anilines is 1. The molecular formula is C26H30BrN7O. The minimum absolute atomic E-state index is 0.0431. The fraction of sp³-hybridized carbons (Fsp3) is 0.423. The van der Waals surface area contributed by atoms with Gasteiger partial charge in [-0.05, 0) is 46.8 Å². The minimum Gasteiger partial charge on any atom is -0.378 e. The quantitative estimate of drug-likeness (QED) is 0.418. The van der Waals surface area contributed by atoms with Gasteiger partial charge < -0.3 is 20.9 Å². The van der Waals surface area contributed by atoms with E-state index in [9.17, 15) is 4.79 Å². The number of aromatic nitrogens is 3. The predicted molar refractivity (Wildman–Crippen MR) is 141 cm³/mol. The van der Waals surface area contributed by atoms with Crippen molar-refractivity contribution in [1.82, 2.24) is 24.8 Å². The number of carbonyl (C=O) groups is 1. The van der Waals surface area contributed by atoms with E-state index in [-0.39, 0.29) is 23.8 Å². The Bertz CT molecular complexity index is 1280. The largest absolute Gasteiger partial charge is 0.378 e. The number of allylic oxidation sites excluding steroid dienone is 1. The third-order valence-corrected chi connectivity index (χ3v) is 8.40. The van der Waals surface area contributed by atoms with Crippen molar-refractivity contribution in [3.05, 3.63) is 52.7 Å². The lowest BCUT2D eigenvalue weighted by molar-refractivity contribution is -0.122. The summed E-state index contributed by atoms with van der Waals surface area (Å²) in [7, 11) is 2.18. The summed E-state index contributed by atoms with van der Waals surface area (Å²) in [5.41, 5.74) is 10.4. The zero-order chi connectivity index (χ0) is 24.1. The fourth-order valence-corrected chi connectivity index (χ4v) is 6.22. The molecule has 0 spiro atoms. The van der Waals surface area contributed by atoms with E-state index in [0.717, 1.165) is 66.2 Å². The Balaban J connectivity index is 1.24. The molecule has 182 valence electrons. The second-order valence-corrected chi connectivity index (χ2v) is 10.9. The number of carbonyl (C=O) groups excluding carboxylic acids is 1. The van der Waals surface area contributed by atoms with E-state index in [4.69, 9.17) is 10.7 Å². The molecule has 4 N–H and O–H groups in total. The van der Waals surface area contributed by atoms with Gasteiger partial charge in [0.2, 0.25) is 5.91 Å². The first kappa shape index (κ1) is 22.7. The number of piperazine rings is 1. The van der Waals surface area contributed by atoms with Crippen molar-refractivity contribution in [2.45, 2.75) is 19.0 Å². The summed E-state index contributed by atoms with van der Waals surface area (Å²) in [5.74, 6) is 0.815. The van der Waals surface area contributed by atoms with Gasteiger partial charge in [-0.3, -0.25) is 9.69 Å². The Kier molecular flexibility index (Phi) is 5.86. The topological polar surface area (TPSA) is 103 Å². The molecule has 2 aromatic heterocycles. The molecule has 0 unspecified atom stereocenters. The number of imidazole rings is 1. The summed E-state index contributed by atoms with van der Waals surface area (Å²) in [6.07, 6.45) is 7.07. The van der Waals surface area contributed by atoms with Gasteiger partial charge in [-0.1, -0.05) is 36.4 Å². The minimum atomic E-state index is -0.250. The molecule has 9 heteroatoms. The predicted octanol–water partition coefficient (Wildman–Crippen LogP) is 3.22. The lowest BCUT2D eigenvalue weighted by Crippen LogP contribution is -2.43. The number of primary amides is 1. The van der Waals surface area contributed by atoms with Crippen LogP contribution in [0.15, 0.2) is 47.1 Å². The second-order valence-electron chi connectivity index (χ2n) is 10.1. The van der Waals surface area contributed by atoms with E-state index >= 15 is 0 Å². The first-order valence-electron chi connectivity index (χ1n) is 12.2. The van der Waals surface area contributed by atoms with Crippen LogP contribution in [0.1, 0.15) is 12.0 Å². The first-order chi connectivity index (χ1) is 17.0. The highest BCUT2D eigenvalue weighted by molar-refractivity contribution is 9.10. The molecule has 0 radical (unpaired) electrons. The number of hydrogen-bond acceptors (Lipinski definition) is 6. The third kappa shape index (κ3) is 4.26. The van der Waals surface area contributed by atoms with Gasteiger partial charge >= 0.3 is 0 Å². The number of halogens is 1. The van der Waals surface area contributed by atoms with Crippen molar-refractivity contribution in [3.8, 4) is 11.4 Å². The van der Waals surface area contributed by atoms with Gasteiger partial charge in [0.25, 0.3) is 0 Å². The monoisotopic (exact) mass is 535 g/mol. The van der Waals surface area contributed by atoms with Crippen LogP contribution in [0.3, 0.4) is 0 Å². The van der Waals surface area contributed by atoms with Gasteiger partial charge in [-0.2, -0.15) is 0 Å². The molecule has 1 saturated carbocycles. The highest BCUT2D eigenvalue weighted by Gasteiger charge is 2.47. The Morgan fingerprint density at radius 3 is 2.66 bits per heavy atom. The van der Waals surface area contributed by atoms with E-state index < -0.39 is 0 Å². The molecule has 8 nitrogen and oxygen atoms in total. The Morgan fingerprint density at radius 2 is 1.91 bits per heavy atom. The maximum atomic E-state index is 12.2. The maximum Gasteiger partial charge on any atom is 0.223 e. The maximum absolute atomic E-state index is 12.2. The molecule has 2 fully saturated rings. The van der Waals surface area contributed by atoms with E-state index in [1.807, 2.05) is 0 Å². The Hall–Kier alpha value is -2.75. The molecule has 1 saturated heterocycles.